The predicted octanol–water partition coefficient (Wildman–Crippen LogP) is 3.82. The molecule has 1 aliphatic heterocycles. The topological polar surface area (TPSA) is 58.1 Å². The molecule has 1 heterocycles. The van der Waals surface area contributed by atoms with Gasteiger partial charge in [-0.15, -0.1) is 24.0 Å². The van der Waals surface area contributed by atoms with Crippen molar-refractivity contribution in [2.75, 3.05) is 53.0 Å². The van der Waals surface area contributed by atoms with E-state index in [2.05, 4.69) is 34.6 Å². The summed E-state index contributed by atoms with van der Waals surface area (Å²) in [5.74, 6) is 2.67. The molecule has 0 radical (unpaired) electrons. The third kappa shape index (κ3) is 8.23. The highest BCUT2D eigenvalue weighted by molar-refractivity contribution is 14.0. The minimum absolute atomic E-state index is 0. The molecular formula is C23H39IN4O2. The van der Waals surface area contributed by atoms with Crippen LogP contribution in [-0.4, -0.2) is 63.9 Å². The summed E-state index contributed by atoms with van der Waals surface area (Å²) in [5.41, 5.74) is 1.23. The zero-order valence-electron chi connectivity index (χ0n) is 18.6. The van der Waals surface area contributed by atoms with Crippen LogP contribution in [0, 0.1) is 5.92 Å². The molecule has 0 bridgehead atoms. The molecule has 1 unspecified atom stereocenters. The number of aliphatic imine (C=N–C) groups is 1. The van der Waals surface area contributed by atoms with Gasteiger partial charge in [-0.1, -0.05) is 18.2 Å². The van der Waals surface area contributed by atoms with E-state index in [1.165, 1.54) is 31.2 Å². The third-order valence-electron chi connectivity index (χ3n) is 5.65. The van der Waals surface area contributed by atoms with E-state index in [1.54, 1.807) is 7.11 Å². The van der Waals surface area contributed by atoms with Crippen LogP contribution in [0.25, 0.3) is 0 Å². The smallest absolute Gasteiger partial charge is 0.191 e. The minimum Gasteiger partial charge on any atom is -0.496 e. The number of hydrogen-bond donors (Lipinski definition) is 2. The Morgan fingerprint density at radius 3 is 2.67 bits per heavy atom. The lowest BCUT2D eigenvalue weighted by Crippen LogP contribution is -2.39. The maximum absolute atomic E-state index is 5.73. The summed E-state index contributed by atoms with van der Waals surface area (Å²) in [6.07, 6.45) is 6.21. The van der Waals surface area contributed by atoms with Gasteiger partial charge in [0.25, 0.3) is 0 Å². The summed E-state index contributed by atoms with van der Waals surface area (Å²) in [6, 6.07) is 8.59. The molecule has 2 N–H and O–H groups in total. The number of methoxy groups -OCH3 is 1. The van der Waals surface area contributed by atoms with E-state index in [4.69, 9.17) is 14.5 Å². The van der Waals surface area contributed by atoms with Gasteiger partial charge in [-0.3, -0.25) is 9.89 Å². The first-order chi connectivity index (χ1) is 14.3. The molecule has 1 atom stereocenters. The number of likely N-dealkylation sites (tertiary alicyclic amines) is 1. The summed E-state index contributed by atoms with van der Waals surface area (Å²) < 4.78 is 11.4. The summed E-state index contributed by atoms with van der Waals surface area (Å²) in [4.78, 5) is 7.46. The molecule has 0 amide bonds. The Balaban J connectivity index is 0.00000320. The first-order valence-corrected chi connectivity index (χ1v) is 11.3. The van der Waals surface area contributed by atoms with Gasteiger partial charge in [-0.05, 0) is 64.1 Å². The fraction of sp³-hybridized carbons (Fsp3) is 0.696. The highest BCUT2D eigenvalue weighted by Gasteiger charge is 2.25. The lowest BCUT2D eigenvalue weighted by atomic mass is 10.0. The van der Waals surface area contributed by atoms with Crippen molar-refractivity contribution in [2.24, 2.45) is 10.9 Å². The van der Waals surface area contributed by atoms with Crippen molar-refractivity contribution in [3.8, 4) is 5.75 Å². The second-order valence-corrected chi connectivity index (χ2v) is 8.02. The SMILES string of the molecule is CCNC(=NCC(c1ccccc1OC)N1CCCC1)NCCCOCC1CC1.I. The Hall–Kier alpha value is -1.06. The quantitative estimate of drug-likeness (QED) is 0.186. The molecule has 3 rings (SSSR count). The van der Waals surface area contributed by atoms with Crippen LogP contribution in [0.1, 0.15) is 50.6 Å². The van der Waals surface area contributed by atoms with Gasteiger partial charge >= 0.3 is 0 Å². The van der Waals surface area contributed by atoms with Gasteiger partial charge < -0.3 is 20.1 Å². The molecule has 1 saturated carbocycles. The number of nitrogens with one attached hydrogen (secondary N) is 2. The van der Waals surface area contributed by atoms with Crippen molar-refractivity contribution in [1.29, 1.82) is 0 Å². The van der Waals surface area contributed by atoms with E-state index in [0.717, 1.165) is 63.4 Å². The molecule has 30 heavy (non-hydrogen) atoms. The largest absolute Gasteiger partial charge is 0.496 e. The van der Waals surface area contributed by atoms with Crippen LogP contribution >= 0.6 is 24.0 Å². The molecular weight excluding hydrogens is 491 g/mol. The van der Waals surface area contributed by atoms with Crippen LogP contribution in [-0.2, 0) is 4.74 Å². The molecule has 170 valence electrons. The molecule has 1 aliphatic carbocycles. The summed E-state index contributed by atoms with van der Waals surface area (Å²) in [7, 11) is 1.75. The average Bonchev–Trinajstić information content (AvgIpc) is 3.42. The Morgan fingerprint density at radius 1 is 1.20 bits per heavy atom. The first-order valence-electron chi connectivity index (χ1n) is 11.3. The second kappa shape index (κ2) is 14.1. The molecule has 2 aliphatic rings. The van der Waals surface area contributed by atoms with E-state index in [9.17, 15) is 0 Å². The monoisotopic (exact) mass is 530 g/mol. The van der Waals surface area contributed by atoms with E-state index < -0.39 is 0 Å². The Kier molecular flexibility index (Phi) is 11.8. The van der Waals surface area contributed by atoms with Crippen molar-refractivity contribution in [3.05, 3.63) is 29.8 Å². The van der Waals surface area contributed by atoms with Gasteiger partial charge in [0.05, 0.1) is 19.7 Å². The molecule has 1 aromatic rings. The summed E-state index contributed by atoms with van der Waals surface area (Å²) in [5, 5.41) is 6.84. The Morgan fingerprint density at radius 2 is 1.97 bits per heavy atom. The van der Waals surface area contributed by atoms with E-state index in [1.807, 2.05) is 12.1 Å². The number of nitrogens with zero attached hydrogens (tertiary/aromatic N) is 2. The van der Waals surface area contributed by atoms with Gasteiger partial charge in [0.1, 0.15) is 5.75 Å². The number of halogens is 1. The number of ether oxygens (including phenoxy) is 2. The van der Waals surface area contributed by atoms with Crippen LogP contribution in [0.5, 0.6) is 5.75 Å². The zero-order chi connectivity index (χ0) is 20.3. The number of hydrogen-bond acceptors (Lipinski definition) is 4. The molecule has 7 heteroatoms. The summed E-state index contributed by atoms with van der Waals surface area (Å²) >= 11 is 0. The third-order valence-corrected chi connectivity index (χ3v) is 5.65. The average molecular weight is 530 g/mol. The van der Waals surface area contributed by atoms with Crippen LogP contribution in [0.4, 0.5) is 0 Å². The van der Waals surface area contributed by atoms with E-state index in [-0.39, 0.29) is 30.0 Å². The minimum atomic E-state index is 0. The highest BCUT2D eigenvalue weighted by atomic mass is 127. The lowest BCUT2D eigenvalue weighted by Gasteiger charge is -2.28. The molecule has 0 spiro atoms. The van der Waals surface area contributed by atoms with Gasteiger partial charge in [-0.2, -0.15) is 0 Å². The van der Waals surface area contributed by atoms with Gasteiger partial charge in [-0.25, -0.2) is 0 Å². The predicted molar refractivity (Wildman–Crippen MR) is 134 cm³/mol. The normalized spacial score (nSPS) is 18.0. The van der Waals surface area contributed by atoms with Crippen molar-refractivity contribution >= 4 is 29.9 Å². The van der Waals surface area contributed by atoms with Crippen LogP contribution in [0.2, 0.25) is 0 Å². The fourth-order valence-electron chi connectivity index (χ4n) is 3.84. The maximum Gasteiger partial charge on any atom is 0.191 e. The van der Waals surface area contributed by atoms with Crippen molar-refractivity contribution in [1.82, 2.24) is 15.5 Å². The lowest BCUT2D eigenvalue weighted by molar-refractivity contribution is 0.123. The van der Waals surface area contributed by atoms with Crippen molar-refractivity contribution in [3.63, 3.8) is 0 Å². The van der Waals surface area contributed by atoms with Crippen molar-refractivity contribution in [2.45, 2.75) is 45.1 Å². The standard InChI is InChI=1S/C23H38N4O2.HI/c1-3-24-23(25-13-8-16-29-18-19-11-12-19)26-17-21(27-14-6-7-15-27)20-9-4-5-10-22(20)28-2;/h4-5,9-10,19,21H,3,6-8,11-18H2,1-2H3,(H2,24,25,26);1H. The Bertz CT molecular complexity index is 633. The molecule has 6 nitrogen and oxygen atoms in total. The van der Waals surface area contributed by atoms with Gasteiger partial charge in [0.2, 0.25) is 0 Å². The highest BCUT2D eigenvalue weighted by Crippen LogP contribution is 2.32. The summed E-state index contributed by atoms with van der Waals surface area (Å²) in [6.45, 7) is 8.56. The molecule has 1 aromatic carbocycles. The van der Waals surface area contributed by atoms with Gasteiger partial charge in [0.15, 0.2) is 5.96 Å². The Labute approximate surface area is 199 Å². The molecule has 2 fully saturated rings. The molecule has 1 saturated heterocycles. The number of guanidine groups is 1. The van der Waals surface area contributed by atoms with Crippen LogP contribution in [0.15, 0.2) is 29.3 Å². The first kappa shape index (κ1) is 25.2. The van der Waals surface area contributed by atoms with E-state index in [0.29, 0.717) is 6.54 Å². The molecule has 0 aromatic heterocycles. The second-order valence-electron chi connectivity index (χ2n) is 8.02. The van der Waals surface area contributed by atoms with Crippen LogP contribution < -0.4 is 15.4 Å². The maximum atomic E-state index is 5.73. The number of rotatable bonds is 12. The number of para-hydroxylation sites is 1. The van der Waals surface area contributed by atoms with Gasteiger partial charge in [0, 0.05) is 31.9 Å². The number of benzene rings is 1. The van der Waals surface area contributed by atoms with Crippen LogP contribution in [0.3, 0.4) is 0 Å². The van der Waals surface area contributed by atoms with Crippen molar-refractivity contribution < 1.29 is 9.47 Å². The zero-order valence-corrected chi connectivity index (χ0v) is 20.9. The van der Waals surface area contributed by atoms with E-state index >= 15 is 0 Å². The fourth-order valence-corrected chi connectivity index (χ4v) is 3.84.